The van der Waals surface area contributed by atoms with Crippen molar-refractivity contribution in [2.24, 2.45) is 0 Å². The summed E-state index contributed by atoms with van der Waals surface area (Å²) in [5.41, 5.74) is 2.73. The molecular weight excluding hydrogens is 180 g/mol. The predicted octanol–water partition coefficient (Wildman–Crippen LogP) is -0.748. The van der Waals surface area contributed by atoms with Crippen molar-refractivity contribution in [1.29, 1.82) is 0 Å². The van der Waals surface area contributed by atoms with E-state index in [1.165, 1.54) is 11.1 Å². The molecular formula is C10H14N2O2. The largest absolute Gasteiger partial charge is 0.392 e. The highest BCUT2D eigenvalue weighted by molar-refractivity contribution is 5.92. The van der Waals surface area contributed by atoms with Crippen LogP contribution in [0.4, 0.5) is 0 Å². The molecule has 0 aromatic heterocycles. The van der Waals surface area contributed by atoms with Gasteiger partial charge in [-0.15, -0.1) is 0 Å². The van der Waals surface area contributed by atoms with Crippen LogP contribution >= 0.6 is 0 Å². The maximum atomic E-state index is 10.9. The van der Waals surface area contributed by atoms with Crippen molar-refractivity contribution in [3.8, 4) is 0 Å². The van der Waals surface area contributed by atoms with Gasteiger partial charge in [-0.3, -0.25) is 4.79 Å². The van der Waals surface area contributed by atoms with E-state index in [2.05, 4.69) is 5.32 Å². The zero-order chi connectivity index (χ0) is 9.71. The average Bonchev–Trinajstić information content (AvgIpc) is 2.56. The quantitative estimate of drug-likeness (QED) is 0.449. The van der Waals surface area contributed by atoms with Crippen LogP contribution in [-0.4, -0.2) is 47.7 Å². The lowest BCUT2D eigenvalue weighted by Gasteiger charge is -2.15. The second-order valence-corrected chi connectivity index (χ2v) is 4.40. The predicted molar refractivity (Wildman–Crippen MR) is 50.6 cm³/mol. The summed E-state index contributed by atoms with van der Waals surface area (Å²) in [6.45, 7) is 2.31. The molecule has 2 atom stereocenters. The maximum absolute atomic E-state index is 10.9. The van der Waals surface area contributed by atoms with Crippen LogP contribution in [0.2, 0.25) is 0 Å². The van der Waals surface area contributed by atoms with Gasteiger partial charge in [-0.05, 0) is 18.4 Å². The molecule has 0 bridgehead atoms. The zero-order valence-electron chi connectivity index (χ0n) is 7.99. The van der Waals surface area contributed by atoms with Gasteiger partial charge in [0.1, 0.15) is 0 Å². The molecule has 0 aromatic carbocycles. The summed E-state index contributed by atoms with van der Waals surface area (Å²) in [7, 11) is 0. The molecule has 3 rings (SSSR count). The highest BCUT2D eigenvalue weighted by Gasteiger charge is 2.38. The van der Waals surface area contributed by atoms with Gasteiger partial charge in [0.15, 0.2) is 0 Å². The van der Waals surface area contributed by atoms with E-state index in [0.717, 1.165) is 25.9 Å². The minimum Gasteiger partial charge on any atom is -0.392 e. The molecule has 1 aliphatic carbocycles. The van der Waals surface area contributed by atoms with E-state index in [0.29, 0.717) is 12.6 Å². The Labute approximate surface area is 82.6 Å². The van der Waals surface area contributed by atoms with Crippen molar-refractivity contribution in [1.82, 2.24) is 10.2 Å². The van der Waals surface area contributed by atoms with Crippen molar-refractivity contribution in [2.45, 2.75) is 25.0 Å². The molecule has 2 N–H and O–H groups in total. The summed E-state index contributed by atoms with van der Waals surface area (Å²) in [5.74, 6) is 0.249. The Kier molecular flexibility index (Phi) is 1.69. The number of nitrogens with zero attached hydrogens (tertiary/aromatic N) is 1. The van der Waals surface area contributed by atoms with Gasteiger partial charge in [0.25, 0.3) is 0 Å². The summed E-state index contributed by atoms with van der Waals surface area (Å²) in [4.78, 5) is 12.7. The Bertz CT molecular complexity index is 324. The van der Waals surface area contributed by atoms with Gasteiger partial charge < -0.3 is 15.3 Å². The molecule has 2 heterocycles. The minimum atomic E-state index is -0.172. The lowest BCUT2D eigenvalue weighted by atomic mass is 10.1. The summed E-state index contributed by atoms with van der Waals surface area (Å²) in [6.07, 6.45) is 1.46. The molecule has 0 saturated carbocycles. The molecule has 2 aliphatic heterocycles. The van der Waals surface area contributed by atoms with Crippen LogP contribution in [0.25, 0.3) is 0 Å². The molecule has 4 nitrogen and oxygen atoms in total. The van der Waals surface area contributed by atoms with Crippen molar-refractivity contribution >= 4 is 5.91 Å². The number of amides is 1. The number of nitrogens with one attached hydrogen (secondary N) is 1. The first kappa shape index (κ1) is 8.44. The molecule has 76 valence electrons. The molecule has 0 radical (unpaired) electrons. The van der Waals surface area contributed by atoms with Gasteiger partial charge in [0, 0.05) is 19.1 Å². The van der Waals surface area contributed by atoms with Crippen molar-refractivity contribution in [3.05, 3.63) is 11.1 Å². The highest BCUT2D eigenvalue weighted by atomic mass is 16.3. The second-order valence-electron chi connectivity index (χ2n) is 4.40. The number of hydrogen-bond donors (Lipinski definition) is 2. The number of rotatable bonds is 2. The van der Waals surface area contributed by atoms with E-state index >= 15 is 0 Å². The maximum Gasteiger partial charge on any atom is 0.242 e. The fourth-order valence-electron chi connectivity index (χ4n) is 2.52. The number of aliphatic hydroxyl groups is 1. The van der Waals surface area contributed by atoms with E-state index in [9.17, 15) is 9.90 Å². The van der Waals surface area contributed by atoms with Gasteiger partial charge in [-0.25, -0.2) is 0 Å². The zero-order valence-corrected chi connectivity index (χ0v) is 7.99. The summed E-state index contributed by atoms with van der Waals surface area (Å²) in [5, 5.41) is 12.9. The summed E-state index contributed by atoms with van der Waals surface area (Å²) < 4.78 is 0. The third kappa shape index (κ3) is 1.26. The number of carbonyl (C=O) groups is 1. The highest BCUT2D eigenvalue weighted by Crippen LogP contribution is 2.33. The van der Waals surface area contributed by atoms with Crippen LogP contribution < -0.4 is 5.32 Å². The lowest BCUT2D eigenvalue weighted by molar-refractivity contribution is -0.113. The van der Waals surface area contributed by atoms with Gasteiger partial charge in [0.2, 0.25) is 5.91 Å². The fourth-order valence-corrected chi connectivity index (χ4v) is 2.52. The Balaban J connectivity index is 1.68. The lowest BCUT2D eigenvalue weighted by Crippen LogP contribution is -2.33. The third-order valence-corrected chi connectivity index (χ3v) is 3.35. The molecule has 3 aliphatic rings. The van der Waals surface area contributed by atoms with Gasteiger partial charge in [-0.1, -0.05) is 5.57 Å². The van der Waals surface area contributed by atoms with E-state index in [4.69, 9.17) is 0 Å². The van der Waals surface area contributed by atoms with Crippen LogP contribution in [0.3, 0.4) is 0 Å². The Morgan fingerprint density at radius 1 is 1.50 bits per heavy atom. The average molecular weight is 194 g/mol. The number of carbonyl (C=O) groups excluding carboxylic acids is 1. The molecule has 0 aromatic rings. The first-order chi connectivity index (χ1) is 6.74. The van der Waals surface area contributed by atoms with Gasteiger partial charge in [0.05, 0.1) is 12.6 Å². The van der Waals surface area contributed by atoms with Gasteiger partial charge >= 0.3 is 0 Å². The van der Waals surface area contributed by atoms with E-state index in [-0.39, 0.29) is 12.0 Å². The molecule has 4 heteroatoms. The molecule has 1 amide bonds. The fraction of sp³-hybridized carbons (Fsp3) is 0.700. The topological polar surface area (TPSA) is 52.3 Å². The first-order valence-electron chi connectivity index (χ1n) is 5.14. The summed E-state index contributed by atoms with van der Waals surface area (Å²) >= 11 is 0. The second kappa shape index (κ2) is 2.81. The SMILES string of the molecule is O=C1CN1C[C@@H]1NCC2=C1C[C@H](O)C2. The molecule has 1 saturated heterocycles. The van der Waals surface area contributed by atoms with Crippen LogP contribution in [0.5, 0.6) is 0 Å². The van der Waals surface area contributed by atoms with Crippen LogP contribution in [0.15, 0.2) is 11.1 Å². The van der Waals surface area contributed by atoms with Crippen LogP contribution in [-0.2, 0) is 4.79 Å². The van der Waals surface area contributed by atoms with Gasteiger partial charge in [-0.2, -0.15) is 0 Å². The molecule has 0 spiro atoms. The van der Waals surface area contributed by atoms with Crippen LogP contribution in [0, 0.1) is 0 Å². The van der Waals surface area contributed by atoms with E-state index in [1.54, 1.807) is 0 Å². The minimum absolute atomic E-state index is 0.172. The third-order valence-electron chi connectivity index (χ3n) is 3.35. The smallest absolute Gasteiger partial charge is 0.242 e. The molecule has 0 unspecified atom stereocenters. The van der Waals surface area contributed by atoms with E-state index < -0.39 is 0 Å². The Morgan fingerprint density at radius 3 is 3.00 bits per heavy atom. The molecule has 14 heavy (non-hydrogen) atoms. The van der Waals surface area contributed by atoms with Crippen molar-refractivity contribution in [3.63, 3.8) is 0 Å². The number of hydrogen-bond acceptors (Lipinski definition) is 3. The van der Waals surface area contributed by atoms with Crippen LogP contribution in [0.1, 0.15) is 12.8 Å². The standard InChI is InChI=1S/C10H14N2O2/c13-7-1-6-3-11-9(8(6)2-7)4-12-5-10(12)14/h7,9,11,13H,1-5H2/t7-,9+,12?/m1/s1. The van der Waals surface area contributed by atoms with E-state index in [1.807, 2.05) is 4.90 Å². The first-order valence-corrected chi connectivity index (χ1v) is 5.14. The van der Waals surface area contributed by atoms with Crippen molar-refractivity contribution in [2.75, 3.05) is 19.6 Å². The summed E-state index contributed by atoms with van der Waals surface area (Å²) in [6, 6.07) is 0.314. The number of aliphatic hydroxyl groups excluding tert-OH is 1. The Hall–Kier alpha value is -0.870. The molecule has 1 fully saturated rings. The normalized spacial score (nSPS) is 35.5. The van der Waals surface area contributed by atoms with Crippen molar-refractivity contribution < 1.29 is 9.90 Å². The monoisotopic (exact) mass is 194 g/mol. The Morgan fingerprint density at radius 2 is 2.29 bits per heavy atom.